The van der Waals surface area contributed by atoms with Gasteiger partial charge in [0.1, 0.15) is 11.5 Å². The summed E-state index contributed by atoms with van der Waals surface area (Å²) in [6.45, 7) is 5.13. The van der Waals surface area contributed by atoms with Crippen LogP contribution >= 0.6 is 0 Å². The van der Waals surface area contributed by atoms with Crippen molar-refractivity contribution in [2.45, 2.75) is 37.5 Å². The number of piperidine rings is 1. The first-order valence-corrected chi connectivity index (χ1v) is 12.1. The quantitative estimate of drug-likeness (QED) is 0.416. The number of likely N-dealkylation sites (tertiary alicyclic amines) is 1. The van der Waals surface area contributed by atoms with Gasteiger partial charge in [-0.1, -0.05) is 67.1 Å². The van der Waals surface area contributed by atoms with E-state index in [1.165, 1.54) is 49.0 Å². The molecule has 5 rings (SSSR count). The summed E-state index contributed by atoms with van der Waals surface area (Å²) in [4.78, 5) is 2.57. The second-order valence-corrected chi connectivity index (χ2v) is 9.02. The third kappa shape index (κ3) is 4.83. The van der Waals surface area contributed by atoms with Crippen LogP contribution in [0.1, 0.15) is 54.2 Å². The zero-order chi connectivity index (χ0) is 21.6. The van der Waals surface area contributed by atoms with Crippen molar-refractivity contribution in [3.63, 3.8) is 0 Å². The molecule has 0 radical (unpaired) electrons. The Balaban J connectivity index is 1.28. The average Bonchev–Trinajstić information content (AvgIpc) is 2.87. The minimum Gasteiger partial charge on any atom is -0.494 e. The van der Waals surface area contributed by atoms with Gasteiger partial charge in [0.15, 0.2) is 0 Å². The van der Waals surface area contributed by atoms with Crippen molar-refractivity contribution in [2.24, 2.45) is 0 Å². The molecule has 0 amide bonds. The Bertz CT molecular complexity index is 980. The molecule has 1 saturated heterocycles. The van der Waals surface area contributed by atoms with E-state index in [2.05, 4.69) is 83.8 Å². The number of ether oxygens (including phenoxy) is 2. The highest BCUT2D eigenvalue weighted by molar-refractivity contribution is 5.48. The Morgan fingerprint density at radius 3 is 2.34 bits per heavy atom. The lowest BCUT2D eigenvalue weighted by atomic mass is 9.76. The van der Waals surface area contributed by atoms with E-state index in [0.717, 1.165) is 31.1 Å². The van der Waals surface area contributed by atoms with Crippen molar-refractivity contribution in [2.75, 3.05) is 32.8 Å². The third-order valence-corrected chi connectivity index (χ3v) is 6.88. The van der Waals surface area contributed by atoms with Crippen LogP contribution in [0.5, 0.6) is 11.5 Å². The third-order valence-electron chi connectivity index (χ3n) is 6.88. The first-order valence-electron chi connectivity index (χ1n) is 12.1. The molecule has 2 aliphatic rings. The lowest BCUT2D eigenvalue weighted by Gasteiger charge is -2.34. The molecular weight excluding hydrogens is 394 g/mol. The number of benzene rings is 3. The highest BCUT2D eigenvalue weighted by Crippen LogP contribution is 2.46. The molecule has 0 bridgehead atoms. The lowest BCUT2D eigenvalue weighted by Crippen LogP contribution is -2.31. The maximum atomic E-state index is 6.15. The summed E-state index contributed by atoms with van der Waals surface area (Å²) in [5, 5.41) is 0. The van der Waals surface area contributed by atoms with E-state index in [-0.39, 0.29) is 5.92 Å². The van der Waals surface area contributed by atoms with Crippen molar-refractivity contribution in [1.29, 1.82) is 0 Å². The number of para-hydroxylation sites is 1. The van der Waals surface area contributed by atoms with E-state index in [1.807, 2.05) is 0 Å². The number of nitrogens with zero attached hydrogens (tertiary/aromatic N) is 1. The second kappa shape index (κ2) is 10.2. The number of hydrogen-bond acceptors (Lipinski definition) is 3. The SMILES string of the molecule is c1ccc(C2COc3ccccc3C2c2ccc(OCCCN3CCCCC3)cc2)cc1. The van der Waals surface area contributed by atoms with Gasteiger partial charge in [0, 0.05) is 23.9 Å². The smallest absolute Gasteiger partial charge is 0.123 e. The van der Waals surface area contributed by atoms with Crippen LogP contribution < -0.4 is 9.47 Å². The molecule has 2 unspecified atom stereocenters. The van der Waals surface area contributed by atoms with Crippen molar-refractivity contribution in [3.05, 3.63) is 95.6 Å². The minimum absolute atomic E-state index is 0.274. The fourth-order valence-corrected chi connectivity index (χ4v) is 5.19. The van der Waals surface area contributed by atoms with E-state index in [1.54, 1.807) is 0 Å². The van der Waals surface area contributed by atoms with Gasteiger partial charge in [0.05, 0.1) is 13.2 Å². The number of fused-ring (bicyclic) bond motifs is 1. The van der Waals surface area contributed by atoms with E-state index >= 15 is 0 Å². The molecule has 2 heterocycles. The van der Waals surface area contributed by atoms with E-state index in [9.17, 15) is 0 Å². The maximum Gasteiger partial charge on any atom is 0.123 e. The maximum absolute atomic E-state index is 6.15. The molecule has 32 heavy (non-hydrogen) atoms. The van der Waals surface area contributed by atoms with Gasteiger partial charge in [-0.2, -0.15) is 0 Å². The topological polar surface area (TPSA) is 21.7 Å². The van der Waals surface area contributed by atoms with Crippen LogP contribution in [-0.2, 0) is 0 Å². The summed E-state index contributed by atoms with van der Waals surface area (Å²) in [6, 6.07) is 28.0. The van der Waals surface area contributed by atoms with Crippen LogP contribution in [-0.4, -0.2) is 37.7 Å². The molecule has 0 aromatic heterocycles. The first-order chi connectivity index (χ1) is 15.9. The average molecular weight is 428 g/mol. The Kier molecular flexibility index (Phi) is 6.74. The Labute approximate surface area is 192 Å². The molecule has 3 nitrogen and oxygen atoms in total. The molecule has 2 atom stereocenters. The number of hydrogen-bond donors (Lipinski definition) is 0. The van der Waals surface area contributed by atoms with Crippen LogP contribution in [0.15, 0.2) is 78.9 Å². The summed E-state index contributed by atoms with van der Waals surface area (Å²) in [5.41, 5.74) is 3.91. The Morgan fingerprint density at radius 2 is 1.53 bits per heavy atom. The van der Waals surface area contributed by atoms with Crippen molar-refractivity contribution in [3.8, 4) is 11.5 Å². The van der Waals surface area contributed by atoms with Gasteiger partial charge in [-0.25, -0.2) is 0 Å². The van der Waals surface area contributed by atoms with Gasteiger partial charge < -0.3 is 14.4 Å². The Morgan fingerprint density at radius 1 is 0.781 bits per heavy atom. The predicted molar refractivity (Wildman–Crippen MR) is 130 cm³/mol. The van der Waals surface area contributed by atoms with Crippen molar-refractivity contribution >= 4 is 0 Å². The molecule has 1 fully saturated rings. The van der Waals surface area contributed by atoms with Gasteiger partial charge in [-0.15, -0.1) is 0 Å². The Hall–Kier alpha value is -2.78. The van der Waals surface area contributed by atoms with Gasteiger partial charge in [0.2, 0.25) is 0 Å². The van der Waals surface area contributed by atoms with Crippen LogP contribution in [0.4, 0.5) is 0 Å². The lowest BCUT2D eigenvalue weighted by molar-refractivity contribution is 0.205. The van der Waals surface area contributed by atoms with Gasteiger partial charge in [-0.05, 0) is 61.7 Å². The summed E-state index contributed by atoms with van der Waals surface area (Å²) >= 11 is 0. The summed E-state index contributed by atoms with van der Waals surface area (Å²) in [7, 11) is 0. The summed E-state index contributed by atoms with van der Waals surface area (Å²) < 4.78 is 12.2. The molecule has 3 aromatic rings. The highest BCUT2D eigenvalue weighted by atomic mass is 16.5. The summed E-state index contributed by atoms with van der Waals surface area (Å²) in [5.74, 6) is 2.53. The van der Waals surface area contributed by atoms with Crippen molar-refractivity contribution < 1.29 is 9.47 Å². The van der Waals surface area contributed by atoms with Crippen LogP contribution in [0, 0.1) is 0 Å². The highest BCUT2D eigenvalue weighted by Gasteiger charge is 2.33. The largest absolute Gasteiger partial charge is 0.494 e. The van der Waals surface area contributed by atoms with Gasteiger partial charge in [0.25, 0.3) is 0 Å². The summed E-state index contributed by atoms with van der Waals surface area (Å²) in [6.07, 6.45) is 5.18. The van der Waals surface area contributed by atoms with Crippen LogP contribution in [0.2, 0.25) is 0 Å². The molecule has 0 N–H and O–H groups in total. The minimum atomic E-state index is 0.274. The van der Waals surface area contributed by atoms with Crippen molar-refractivity contribution in [1.82, 2.24) is 4.90 Å². The normalized spacial score (nSPS) is 20.9. The standard InChI is InChI=1S/C29H33NO2/c1-3-10-23(11-4-1)27-22-32-28-13-6-5-12-26(28)29(27)24-14-16-25(17-15-24)31-21-9-20-30-18-7-2-8-19-30/h1,3-6,10-17,27,29H,2,7-9,18-22H2. The van der Waals surface area contributed by atoms with Gasteiger partial charge >= 0.3 is 0 Å². The molecule has 166 valence electrons. The van der Waals surface area contributed by atoms with Gasteiger partial charge in [-0.3, -0.25) is 0 Å². The monoisotopic (exact) mass is 427 g/mol. The second-order valence-electron chi connectivity index (χ2n) is 9.02. The molecule has 3 aromatic carbocycles. The molecule has 3 heteroatoms. The zero-order valence-electron chi connectivity index (χ0n) is 18.8. The van der Waals surface area contributed by atoms with E-state index in [4.69, 9.17) is 9.47 Å². The van der Waals surface area contributed by atoms with E-state index in [0.29, 0.717) is 12.5 Å². The predicted octanol–water partition coefficient (Wildman–Crippen LogP) is 6.25. The molecule has 0 saturated carbocycles. The van der Waals surface area contributed by atoms with Crippen LogP contribution in [0.25, 0.3) is 0 Å². The fraction of sp³-hybridized carbons (Fsp3) is 0.379. The van der Waals surface area contributed by atoms with Crippen LogP contribution in [0.3, 0.4) is 0 Å². The van der Waals surface area contributed by atoms with E-state index < -0.39 is 0 Å². The molecule has 2 aliphatic heterocycles. The molecule has 0 spiro atoms. The molecular formula is C29H33NO2. The molecule has 0 aliphatic carbocycles. The first kappa shape index (κ1) is 21.1. The number of rotatable bonds is 7. The zero-order valence-corrected chi connectivity index (χ0v) is 18.8. The fourth-order valence-electron chi connectivity index (χ4n) is 5.19.